The molecule has 0 aliphatic rings. The molecule has 3 rings (SSSR count). The highest BCUT2D eigenvalue weighted by molar-refractivity contribution is 5.91. The zero-order valence-electron chi connectivity index (χ0n) is 14.9. The summed E-state index contributed by atoms with van der Waals surface area (Å²) in [6, 6.07) is 16.4. The average molecular weight is 361 g/mol. The molecule has 2 aromatic carbocycles. The Morgan fingerprint density at radius 3 is 2.89 bits per heavy atom. The number of ether oxygens (including phenoxy) is 2. The van der Waals surface area contributed by atoms with Gasteiger partial charge in [-0.2, -0.15) is 0 Å². The number of anilines is 1. The fourth-order valence-electron chi connectivity index (χ4n) is 2.41. The van der Waals surface area contributed by atoms with E-state index in [-0.39, 0.29) is 19.2 Å². The van der Waals surface area contributed by atoms with E-state index in [1.54, 1.807) is 25.4 Å². The van der Waals surface area contributed by atoms with Gasteiger partial charge in [0.2, 0.25) is 0 Å². The maximum Gasteiger partial charge on any atom is 0.320 e. The van der Waals surface area contributed by atoms with E-state index in [1.807, 2.05) is 42.5 Å². The molecule has 0 fully saturated rings. The van der Waals surface area contributed by atoms with Gasteiger partial charge in [0.25, 0.3) is 0 Å². The van der Waals surface area contributed by atoms with Crippen LogP contribution in [-0.4, -0.2) is 31.3 Å². The molecule has 2 amide bonds. The van der Waals surface area contributed by atoms with Gasteiger partial charge in [-0.1, -0.05) is 30.0 Å². The Kier molecular flexibility index (Phi) is 6.10. The monoisotopic (exact) mass is 361 g/mol. The highest BCUT2D eigenvalue weighted by Gasteiger charge is 2.04. The molecule has 0 aliphatic heterocycles. The van der Waals surface area contributed by atoms with Crippen LogP contribution in [0.3, 0.4) is 0 Å². The molecule has 136 valence electrons. The molecule has 0 radical (unpaired) electrons. The molecule has 6 nitrogen and oxygen atoms in total. The summed E-state index contributed by atoms with van der Waals surface area (Å²) in [6.07, 6.45) is 1.74. The smallest absolute Gasteiger partial charge is 0.320 e. The number of aromatic nitrogens is 1. The minimum absolute atomic E-state index is 0.212. The molecule has 27 heavy (non-hydrogen) atoms. The molecule has 0 saturated carbocycles. The molecule has 0 spiro atoms. The largest absolute Gasteiger partial charge is 0.495 e. The first-order valence-electron chi connectivity index (χ1n) is 8.37. The van der Waals surface area contributed by atoms with Crippen LogP contribution in [0.1, 0.15) is 0 Å². The Hall–Kier alpha value is -3.72. The van der Waals surface area contributed by atoms with Crippen molar-refractivity contribution < 1.29 is 14.3 Å². The molecule has 0 aliphatic carbocycles. The van der Waals surface area contributed by atoms with Crippen molar-refractivity contribution in [3.05, 3.63) is 60.8 Å². The molecule has 0 saturated heterocycles. The van der Waals surface area contributed by atoms with Crippen LogP contribution < -0.4 is 20.1 Å². The van der Waals surface area contributed by atoms with Crippen LogP contribution >= 0.6 is 0 Å². The van der Waals surface area contributed by atoms with E-state index < -0.39 is 0 Å². The Morgan fingerprint density at radius 2 is 2.00 bits per heavy atom. The van der Waals surface area contributed by atoms with Crippen molar-refractivity contribution in [3.8, 4) is 23.3 Å². The number of para-hydroxylation sites is 2. The summed E-state index contributed by atoms with van der Waals surface area (Å²) in [5.74, 6) is 7.01. The number of rotatable bonds is 5. The molecule has 0 bridgehead atoms. The molecular weight excluding hydrogens is 342 g/mol. The Morgan fingerprint density at radius 1 is 1.11 bits per heavy atom. The SMILES string of the molecule is COc1ccccc1NC(=O)NCC#CCOc1ccc2cccnc2c1. The third-order valence-electron chi connectivity index (χ3n) is 3.71. The standard InChI is InChI=1S/C21H19N3O3/c1-26-20-9-3-2-8-18(20)24-21(25)23-12-4-5-14-27-17-11-10-16-7-6-13-22-19(16)15-17/h2-3,6-11,13,15H,12,14H2,1H3,(H2,23,24,25). The lowest BCUT2D eigenvalue weighted by Crippen LogP contribution is -2.29. The van der Waals surface area contributed by atoms with Crippen molar-refractivity contribution in [2.24, 2.45) is 0 Å². The fraction of sp³-hybridized carbons (Fsp3) is 0.143. The van der Waals surface area contributed by atoms with E-state index in [2.05, 4.69) is 27.5 Å². The van der Waals surface area contributed by atoms with Gasteiger partial charge >= 0.3 is 6.03 Å². The third-order valence-corrected chi connectivity index (χ3v) is 3.71. The van der Waals surface area contributed by atoms with Gasteiger partial charge in [-0.3, -0.25) is 4.98 Å². The van der Waals surface area contributed by atoms with E-state index in [9.17, 15) is 4.79 Å². The second kappa shape index (κ2) is 9.11. The van der Waals surface area contributed by atoms with Crippen LogP contribution in [0.15, 0.2) is 60.8 Å². The highest BCUT2D eigenvalue weighted by atomic mass is 16.5. The predicted molar refractivity (Wildman–Crippen MR) is 105 cm³/mol. The number of fused-ring (bicyclic) bond motifs is 1. The van der Waals surface area contributed by atoms with Crippen molar-refractivity contribution in [2.45, 2.75) is 0 Å². The minimum Gasteiger partial charge on any atom is -0.495 e. The minimum atomic E-state index is -0.352. The van der Waals surface area contributed by atoms with E-state index in [1.165, 1.54) is 0 Å². The molecular formula is C21H19N3O3. The molecule has 0 unspecified atom stereocenters. The lowest BCUT2D eigenvalue weighted by molar-refractivity contribution is 0.253. The van der Waals surface area contributed by atoms with Crippen molar-refractivity contribution in [1.29, 1.82) is 0 Å². The zero-order valence-corrected chi connectivity index (χ0v) is 14.9. The molecule has 0 atom stereocenters. The number of pyridine rings is 1. The maximum absolute atomic E-state index is 11.9. The first-order valence-corrected chi connectivity index (χ1v) is 8.37. The molecule has 3 aromatic rings. The lowest BCUT2D eigenvalue weighted by atomic mass is 10.2. The normalized spacial score (nSPS) is 9.81. The summed E-state index contributed by atoms with van der Waals surface area (Å²) in [7, 11) is 1.55. The average Bonchev–Trinajstić information content (AvgIpc) is 2.71. The van der Waals surface area contributed by atoms with Gasteiger partial charge in [0.15, 0.2) is 0 Å². The number of urea groups is 1. The number of benzene rings is 2. The Balaban J connectivity index is 1.43. The van der Waals surface area contributed by atoms with Gasteiger partial charge in [0, 0.05) is 17.6 Å². The second-order valence-corrected chi connectivity index (χ2v) is 5.51. The van der Waals surface area contributed by atoms with Crippen molar-refractivity contribution in [1.82, 2.24) is 10.3 Å². The third kappa shape index (κ3) is 5.13. The van der Waals surface area contributed by atoms with Crippen molar-refractivity contribution in [3.63, 3.8) is 0 Å². The summed E-state index contributed by atoms with van der Waals surface area (Å²) < 4.78 is 10.8. The number of carbonyl (C=O) groups excluding carboxylic acids is 1. The molecule has 2 N–H and O–H groups in total. The maximum atomic E-state index is 11.9. The summed E-state index contributed by atoms with van der Waals surface area (Å²) in [5, 5.41) is 6.43. The van der Waals surface area contributed by atoms with Gasteiger partial charge in [-0.05, 0) is 30.3 Å². The first-order chi connectivity index (χ1) is 13.3. The summed E-state index contributed by atoms with van der Waals surface area (Å²) >= 11 is 0. The highest BCUT2D eigenvalue weighted by Crippen LogP contribution is 2.22. The zero-order chi connectivity index (χ0) is 18.9. The quantitative estimate of drug-likeness (QED) is 0.683. The van der Waals surface area contributed by atoms with Crippen LogP contribution in [0.25, 0.3) is 10.9 Å². The Bertz CT molecular complexity index is 992. The number of methoxy groups -OCH3 is 1. The lowest BCUT2D eigenvalue weighted by Gasteiger charge is -2.09. The van der Waals surface area contributed by atoms with Crippen LogP contribution in [-0.2, 0) is 0 Å². The topological polar surface area (TPSA) is 72.5 Å². The number of carbonyl (C=O) groups is 1. The molecule has 1 heterocycles. The second-order valence-electron chi connectivity index (χ2n) is 5.51. The van der Waals surface area contributed by atoms with E-state index in [4.69, 9.17) is 9.47 Å². The number of nitrogens with zero attached hydrogens (tertiary/aromatic N) is 1. The summed E-state index contributed by atoms with van der Waals surface area (Å²) in [5.41, 5.74) is 1.47. The van der Waals surface area contributed by atoms with Crippen molar-refractivity contribution >= 4 is 22.6 Å². The van der Waals surface area contributed by atoms with Gasteiger partial charge in [-0.15, -0.1) is 0 Å². The fourth-order valence-corrected chi connectivity index (χ4v) is 2.41. The van der Waals surface area contributed by atoms with Gasteiger partial charge in [-0.25, -0.2) is 4.79 Å². The van der Waals surface area contributed by atoms with Crippen LogP contribution in [0.4, 0.5) is 10.5 Å². The molecule has 1 aromatic heterocycles. The van der Waals surface area contributed by atoms with E-state index in [0.717, 1.165) is 10.9 Å². The van der Waals surface area contributed by atoms with Crippen LogP contribution in [0, 0.1) is 11.8 Å². The van der Waals surface area contributed by atoms with Gasteiger partial charge in [0.05, 0.1) is 24.9 Å². The number of amides is 2. The van der Waals surface area contributed by atoms with E-state index in [0.29, 0.717) is 17.2 Å². The number of nitrogens with one attached hydrogen (secondary N) is 2. The van der Waals surface area contributed by atoms with E-state index >= 15 is 0 Å². The number of hydrogen-bond donors (Lipinski definition) is 2. The Labute approximate surface area is 157 Å². The predicted octanol–water partition coefficient (Wildman–Crippen LogP) is 3.45. The summed E-state index contributed by atoms with van der Waals surface area (Å²) in [4.78, 5) is 16.2. The van der Waals surface area contributed by atoms with Gasteiger partial charge < -0.3 is 20.1 Å². The van der Waals surface area contributed by atoms with Crippen LogP contribution in [0.2, 0.25) is 0 Å². The molecule has 6 heteroatoms. The first kappa shape index (κ1) is 18.1. The van der Waals surface area contributed by atoms with Crippen molar-refractivity contribution in [2.75, 3.05) is 25.6 Å². The van der Waals surface area contributed by atoms with Gasteiger partial charge in [0.1, 0.15) is 18.1 Å². The summed E-state index contributed by atoms with van der Waals surface area (Å²) in [6.45, 7) is 0.442. The number of hydrogen-bond acceptors (Lipinski definition) is 4. The van der Waals surface area contributed by atoms with Crippen LogP contribution in [0.5, 0.6) is 11.5 Å².